The highest BCUT2D eigenvalue weighted by atomic mass is 16.6. The van der Waals surface area contributed by atoms with Gasteiger partial charge in [-0.15, -0.1) is 0 Å². The molecule has 0 radical (unpaired) electrons. The molecule has 1 aromatic rings. The molecule has 1 saturated carbocycles. The number of nitrogens with one attached hydrogen (secondary N) is 1. The number of carbonyl (C=O) groups excluding carboxylic acids is 2. The second kappa shape index (κ2) is 11.2. The van der Waals surface area contributed by atoms with Gasteiger partial charge < -0.3 is 24.6 Å². The number of hydrogen-bond acceptors (Lipinski definition) is 7. The summed E-state index contributed by atoms with van der Waals surface area (Å²) in [6.07, 6.45) is 4.97. The zero-order valence-corrected chi connectivity index (χ0v) is 18.5. The first-order valence-corrected chi connectivity index (χ1v) is 10.7. The Morgan fingerprint density at radius 3 is 2.50 bits per heavy atom. The lowest BCUT2D eigenvalue weighted by atomic mass is 9.93. The van der Waals surface area contributed by atoms with Crippen LogP contribution in [-0.4, -0.2) is 53.9 Å². The number of aromatic nitrogens is 1. The van der Waals surface area contributed by atoms with Gasteiger partial charge in [-0.25, -0.2) is 9.78 Å². The summed E-state index contributed by atoms with van der Waals surface area (Å²) in [7, 11) is 1.37. The molecule has 3 atom stereocenters. The van der Waals surface area contributed by atoms with E-state index in [1.807, 2.05) is 6.92 Å². The average Bonchev–Trinajstić information content (AvgIpc) is 3.55. The van der Waals surface area contributed by atoms with Crippen molar-refractivity contribution in [1.82, 2.24) is 10.3 Å². The standard InChI is InChI=1S/C22H34N2O6/c1-6-16(7-2)20(29-12-15-8-9-15)14(4)30-22(27)13(3)24-21(26)18-19(25)17(28-5)10-11-23-18/h10-11,13-16,20,25H,6-9,12H2,1-5H3,(H,24,26)/t13-,14-,20-/m0/s1. The van der Waals surface area contributed by atoms with Crippen LogP contribution in [-0.2, 0) is 14.3 Å². The maximum Gasteiger partial charge on any atom is 0.328 e. The molecular formula is C22H34N2O6. The number of hydrogen-bond donors (Lipinski definition) is 2. The van der Waals surface area contributed by atoms with Gasteiger partial charge in [0.15, 0.2) is 17.2 Å². The van der Waals surface area contributed by atoms with E-state index in [-0.39, 0.29) is 29.2 Å². The smallest absolute Gasteiger partial charge is 0.328 e. The first-order valence-electron chi connectivity index (χ1n) is 10.7. The summed E-state index contributed by atoms with van der Waals surface area (Å²) in [6.45, 7) is 8.26. The predicted molar refractivity (Wildman–Crippen MR) is 111 cm³/mol. The Labute approximate surface area is 178 Å². The first kappa shape index (κ1) is 23.9. The highest BCUT2D eigenvalue weighted by Gasteiger charge is 2.32. The number of pyridine rings is 1. The Hall–Kier alpha value is -2.35. The van der Waals surface area contributed by atoms with E-state index in [4.69, 9.17) is 14.2 Å². The van der Waals surface area contributed by atoms with Gasteiger partial charge in [0, 0.05) is 18.9 Å². The quantitative estimate of drug-likeness (QED) is 0.499. The molecule has 168 valence electrons. The molecule has 0 aromatic carbocycles. The Bertz CT molecular complexity index is 718. The second-order valence-corrected chi connectivity index (χ2v) is 7.87. The molecule has 1 aromatic heterocycles. The molecular weight excluding hydrogens is 388 g/mol. The lowest BCUT2D eigenvalue weighted by Gasteiger charge is -2.31. The van der Waals surface area contributed by atoms with Crippen LogP contribution in [0.2, 0.25) is 0 Å². The summed E-state index contributed by atoms with van der Waals surface area (Å²) < 4.78 is 16.7. The van der Waals surface area contributed by atoms with Crippen LogP contribution < -0.4 is 10.1 Å². The molecule has 30 heavy (non-hydrogen) atoms. The summed E-state index contributed by atoms with van der Waals surface area (Å²) in [5.41, 5.74) is -0.218. The van der Waals surface area contributed by atoms with Gasteiger partial charge in [0.2, 0.25) is 0 Å². The zero-order chi connectivity index (χ0) is 22.3. The summed E-state index contributed by atoms with van der Waals surface area (Å²) in [5, 5.41) is 12.6. The predicted octanol–water partition coefficient (Wildman–Crippen LogP) is 3.08. The number of amides is 1. The van der Waals surface area contributed by atoms with Crippen molar-refractivity contribution in [2.24, 2.45) is 11.8 Å². The van der Waals surface area contributed by atoms with Crippen LogP contribution in [0.5, 0.6) is 11.5 Å². The van der Waals surface area contributed by atoms with E-state index in [1.165, 1.54) is 39.1 Å². The zero-order valence-electron chi connectivity index (χ0n) is 18.5. The minimum Gasteiger partial charge on any atom is -0.503 e. The lowest BCUT2D eigenvalue weighted by Crippen LogP contribution is -2.44. The summed E-state index contributed by atoms with van der Waals surface area (Å²) >= 11 is 0. The Morgan fingerprint density at radius 2 is 1.93 bits per heavy atom. The van der Waals surface area contributed by atoms with Crippen LogP contribution in [0, 0.1) is 11.8 Å². The number of methoxy groups -OCH3 is 1. The SMILES string of the molecule is CCC(CC)[C@@H](OCC1CC1)[C@H](C)OC(=O)[C@H](C)NC(=O)c1nccc(OC)c1O. The molecule has 2 N–H and O–H groups in total. The molecule has 8 nitrogen and oxygen atoms in total. The number of carbonyl (C=O) groups is 2. The fourth-order valence-electron chi connectivity index (χ4n) is 3.38. The third kappa shape index (κ3) is 6.32. The maximum atomic E-state index is 12.6. The number of esters is 1. The van der Waals surface area contributed by atoms with Gasteiger partial charge in [0.25, 0.3) is 5.91 Å². The molecule has 1 fully saturated rings. The second-order valence-electron chi connectivity index (χ2n) is 7.87. The minimum atomic E-state index is -0.918. The number of nitrogens with zero attached hydrogens (tertiary/aromatic N) is 1. The summed E-state index contributed by atoms with van der Waals surface area (Å²) in [6, 6.07) is 0.517. The van der Waals surface area contributed by atoms with Crippen molar-refractivity contribution in [3.05, 3.63) is 18.0 Å². The van der Waals surface area contributed by atoms with E-state index in [2.05, 4.69) is 24.1 Å². The Balaban J connectivity index is 1.97. The van der Waals surface area contributed by atoms with Gasteiger partial charge >= 0.3 is 5.97 Å². The highest BCUT2D eigenvalue weighted by Crippen LogP contribution is 2.31. The monoisotopic (exact) mass is 422 g/mol. The number of rotatable bonds is 12. The van der Waals surface area contributed by atoms with Gasteiger partial charge in [0.05, 0.1) is 13.2 Å². The van der Waals surface area contributed by atoms with Gasteiger partial charge in [-0.05, 0) is 38.5 Å². The van der Waals surface area contributed by atoms with Crippen LogP contribution in [0.4, 0.5) is 0 Å². The van der Waals surface area contributed by atoms with E-state index in [9.17, 15) is 14.7 Å². The third-order valence-electron chi connectivity index (χ3n) is 5.52. The van der Waals surface area contributed by atoms with E-state index in [0.29, 0.717) is 12.5 Å². The van der Waals surface area contributed by atoms with Crippen molar-refractivity contribution in [1.29, 1.82) is 0 Å². The number of ether oxygens (including phenoxy) is 3. The molecule has 0 bridgehead atoms. The molecule has 1 heterocycles. The summed E-state index contributed by atoms with van der Waals surface area (Å²) in [5.74, 6) is -0.608. The fraction of sp³-hybridized carbons (Fsp3) is 0.682. The molecule has 1 amide bonds. The third-order valence-corrected chi connectivity index (χ3v) is 5.52. The van der Waals surface area contributed by atoms with Crippen LogP contribution in [0.1, 0.15) is 63.9 Å². The van der Waals surface area contributed by atoms with E-state index in [0.717, 1.165) is 12.8 Å². The van der Waals surface area contributed by atoms with Gasteiger partial charge in [-0.2, -0.15) is 0 Å². The normalized spacial score (nSPS) is 16.6. The topological polar surface area (TPSA) is 107 Å². The van der Waals surface area contributed by atoms with Crippen molar-refractivity contribution in [3.63, 3.8) is 0 Å². The van der Waals surface area contributed by atoms with Crippen LogP contribution in [0.3, 0.4) is 0 Å². The fourth-order valence-corrected chi connectivity index (χ4v) is 3.38. The molecule has 8 heteroatoms. The molecule has 0 aliphatic heterocycles. The molecule has 0 saturated heterocycles. The van der Waals surface area contributed by atoms with E-state index in [1.54, 1.807) is 0 Å². The average molecular weight is 423 g/mol. The molecule has 2 rings (SSSR count). The van der Waals surface area contributed by atoms with Gasteiger partial charge in [-0.1, -0.05) is 26.7 Å². The lowest BCUT2D eigenvalue weighted by molar-refractivity contribution is -0.161. The van der Waals surface area contributed by atoms with Crippen LogP contribution in [0.15, 0.2) is 12.3 Å². The highest BCUT2D eigenvalue weighted by molar-refractivity contribution is 5.97. The van der Waals surface area contributed by atoms with Gasteiger partial charge in [-0.3, -0.25) is 4.79 Å². The first-order chi connectivity index (χ1) is 14.3. The van der Waals surface area contributed by atoms with Crippen LogP contribution >= 0.6 is 0 Å². The molecule has 1 aliphatic carbocycles. The van der Waals surface area contributed by atoms with Crippen molar-refractivity contribution in [3.8, 4) is 11.5 Å². The van der Waals surface area contributed by atoms with Crippen LogP contribution in [0.25, 0.3) is 0 Å². The van der Waals surface area contributed by atoms with E-state index >= 15 is 0 Å². The largest absolute Gasteiger partial charge is 0.503 e. The van der Waals surface area contributed by atoms with Crippen molar-refractivity contribution in [2.45, 2.75) is 71.6 Å². The summed E-state index contributed by atoms with van der Waals surface area (Å²) in [4.78, 5) is 28.9. The maximum absolute atomic E-state index is 12.6. The van der Waals surface area contributed by atoms with Crippen molar-refractivity contribution < 1.29 is 28.9 Å². The molecule has 0 spiro atoms. The Morgan fingerprint density at radius 1 is 1.27 bits per heavy atom. The van der Waals surface area contributed by atoms with Crippen molar-refractivity contribution >= 4 is 11.9 Å². The Kier molecular flexibility index (Phi) is 8.89. The molecule has 0 unspecified atom stereocenters. The number of aromatic hydroxyl groups is 1. The van der Waals surface area contributed by atoms with Crippen molar-refractivity contribution in [2.75, 3.05) is 13.7 Å². The van der Waals surface area contributed by atoms with Gasteiger partial charge in [0.1, 0.15) is 12.1 Å². The van der Waals surface area contributed by atoms with E-state index < -0.39 is 24.0 Å². The minimum absolute atomic E-state index is 0.125. The molecule has 1 aliphatic rings.